The maximum absolute atomic E-state index is 12.6. The summed E-state index contributed by atoms with van der Waals surface area (Å²) < 4.78 is 12.6. The minimum atomic E-state index is -0.253. The average Bonchev–Trinajstić information content (AvgIpc) is 2.16. The highest BCUT2D eigenvalue weighted by Crippen LogP contribution is 2.04. The van der Waals surface area contributed by atoms with Crippen LogP contribution in [0.15, 0.2) is 42.0 Å². The van der Waals surface area contributed by atoms with Crippen molar-refractivity contribution in [1.82, 2.24) is 5.43 Å². The van der Waals surface area contributed by atoms with E-state index in [-0.39, 0.29) is 5.82 Å². The van der Waals surface area contributed by atoms with Crippen LogP contribution >= 0.6 is 0 Å². The molecule has 13 heavy (non-hydrogen) atoms. The molecule has 0 bridgehead atoms. The number of hydrogen-bond donors (Lipinski definition) is 1. The molecule has 0 radical (unpaired) electrons. The summed E-state index contributed by atoms with van der Waals surface area (Å²) in [4.78, 5) is 0. The summed E-state index contributed by atoms with van der Waals surface area (Å²) >= 11 is 0. The summed E-state index contributed by atoms with van der Waals surface area (Å²) in [6, 6.07) is 6.11. The molecule has 0 aliphatic rings. The smallest absolute Gasteiger partial charge is 0.123 e. The lowest BCUT2D eigenvalue weighted by Gasteiger charge is -2.00. The van der Waals surface area contributed by atoms with E-state index in [9.17, 15) is 4.39 Å². The molecule has 0 unspecified atom stereocenters. The van der Waals surface area contributed by atoms with Crippen LogP contribution in [0.4, 0.5) is 4.39 Å². The Morgan fingerprint density at radius 2 is 2.08 bits per heavy atom. The van der Waals surface area contributed by atoms with Gasteiger partial charge in [-0.3, -0.25) is 0 Å². The van der Waals surface area contributed by atoms with Gasteiger partial charge in [0.05, 0.1) is 5.71 Å². The first-order chi connectivity index (χ1) is 6.27. The van der Waals surface area contributed by atoms with Gasteiger partial charge in [-0.2, -0.15) is 5.10 Å². The van der Waals surface area contributed by atoms with Crippen molar-refractivity contribution in [2.24, 2.45) is 5.10 Å². The van der Waals surface area contributed by atoms with E-state index in [2.05, 4.69) is 17.1 Å². The van der Waals surface area contributed by atoms with Crippen molar-refractivity contribution in [1.29, 1.82) is 0 Å². The molecule has 0 spiro atoms. The third kappa shape index (κ3) is 2.40. The fourth-order valence-corrected chi connectivity index (χ4v) is 0.969. The van der Waals surface area contributed by atoms with Gasteiger partial charge < -0.3 is 5.43 Å². The zero-order chi connectivity index (χ0) is 9.68. The third-order valence-corrected chi connectivity index (χ3v) is 1.57. The van der Waals surface area contributed by atoms with Gasteiger partial charge in [0.15, 0.2) is 0 Å². The van der Waals surface area contributed by atoms with Gasteiger partial charge in [0.1, 0.15) is 5.82 Å². The molecule has 0 atom stereocenters. The van der Waals surface area contributed by atoms with Crippen LogP contribution in [-0.4, -0.2) is 12.8 Å². The zero-order valence-electron chi connectivity index (χ0n) is 7.42. The minimum absolute atomic E-state index is 0.253. The van der Waals surface area contributed by atoms with Gasteiger partial charge in [-0.15, -0.1) is 0 Å². The Bertz CT molecular complexity index is 314. The first kappa shape index (κ1) is 9.45. The summed E-state index contributed by atoms with van der Waals surface area (Å²) in [5.41, 5.74) is 4.19. The summed E-state index contributed by atoms with van der Waals surface area (Å²) in [7, 11) is 1.70. The maximum atomic E-state index is 12.6. The molecule has 2 nitrogen and oxygen atoms in total. The van der Waals surface area contributed by atoms with Crippen LogP contribution < -0.4 is 5.43 Å². The van der Waals surface area contributed by atoms with Crippen molar-refractivity contribution in [3.8, 4) is 0 Å². The Morgan fingerprint density at radius 1 is 1.46 bits per heavy atom. The van der Waals surface area contributed by atoms with Gasteiger partial charge in [-0.05, 0) is 30.3 Å². The fraction of sp³-hybridized carbons (Fsp3) is 0.100. The second-order valence-corrected chi connectivity index (χ2v) is 2.43. The van der Waals surface area contributed by atoms with E-state index in [0.29, 0.717) is 5.71 Å². The second-order valence-electron chi connectivity index (χ2n) is 2.43. The Labute approximate surface area is 76.8 Å². The van der Waals surface area contributed by atoms with Crippen LogP contribution in [0.1, 0.15) is 5.56 Å². The van der Waals surface area contributed by atoms with E-state index < -0.39 is 0 Å². The summed E-state index contributed by atoms with van der Waals surface area (Å²) in [5.74, 6) is -0.253. The van der Waals surface area contributed by atoms with Crippen molar-refractivity contribution in [2.45, 2.75) is 0 Å². The van der Waals surface area contributed by atoms with Crippen LogP contribution in [0.3, 0.4) is 0 Å². The summed E-state index contributed by atoms with van der Waals surface area (Å²) in [6.07, 6.45) is 1.61. The Morgan fingerprint density at radius 3 is 2.54 bits per heavy atom. The number of benzene rings is 1. The third-order valence-electron chi connectivity index (χ3n) is 1.57. The van der Waals surface area contributed by atoms with Crippen molar-refractivity contribution < 1.29 is 4.39 Å². The monoisotopic (exact) mass is 178 g/mol. The Balaban J connectivity index is 2.99. The molecule has 68 valence electrons. The van der Waals surface area contributed by atoms with E-state index in [1.165, 1.54) is 12.1 Å². The van der Waals surface area contributed by atoms with E-state index in [1.54, 1.807) is 25.3 Å². The maximum Gasteiger partial charge on any atom is 0.123 e. The fourth-order valence-electron chi connectivity index (χ4n) is 0.969. The van der Waals surface area contributed by atoms with E-state index in [0.717, 1.165) is 5.56 Å². The van der Waals surface area contributed by atoms with Gasteiger partial charge in [-0.1, -0.05) is 6.58 Å². The summed E-state index contributed by atoms with van der Waals surface area (Å²) in [5, 5.41) is 3.97. The average molecular weight is 178 g/mol. The molecular formula is C10H11FN2. The normalized spacial score (nSPS) is 11.1. The predicted molar refractivity (Wildman–Crippen MR) is 52.2 cm³/mol. The standard InChI is InChI=1S/C10H11FN2/c1-3-10(13-12-2)8-4-6-9(11)7-5-8/h3-7,12H,1H2,2H3/b13-10+. The number of nitrogens with zero attached hydrogens (tertiary/aromatic N) is 1. The highest BCUT2D eigenvalue weighted by atomic mass is 19.1. The van der Waals surface area contributed by atoms with Crippen LogP contribution in [0.2, 0.25) is 0 Å². The first-order valence-corrected chi connectivity index (χ1v) is 3.90. The quantitative estimate of drug-likeness (QED) is 0.555. The highest BCUT2D eigenvalue weighted by Gasteiger charge is 1.98. The number of nitrogens with one attached hydrogen (secondary N) is 1. The second kappa shape index (κ2) is 4.40. The molecule has 0 heterocycles. The van der Waals surface area contributed by atoms with E-state index in [1.807, 2.05) is 0 Å². The molecule has 0 amide bonds. The van der Waals surface area contributed by atoms with Gasteiger partial charge in [0, 0.05) is 12.6 Å². The Hall–Kier alpha value is -1.64. The molecule has 0 saturated carbocycles. The number of halogens is 1. The highest BCUT2D eigenvalue weighted by molar-refractivity contribution is 6.08. The molecule has 0 fully saturated rings. The largest absolute Gasteiger partial charge is 0.313 e. The van der Waals surface area contributed by atoms with Crippen LogP contribution in [-0.2, 0) is 0 Å². The molecule has 0 aliphatic heterocycles. The number of rotatable bonds is 3. The predicted octanol–water partition coefficient (Wildman–Crippen LogP) is 1.94. The van der Waals surface area contributed by atoms with Crippen molar-refractivity contribution in [3.63, 3.8) is 0 Å². The lowest BCUT2D eigenvalue weighted by atomic mass is 10.1. The van der Waals surface area contributed by atoms with Crippen LogP contribution in [0.25, 0.3) is 0 Å². The molecule has 0 aliphatic carbocycles. The molecule has 1 aromatic rings. The SMILES string of the molecule is C=C/C(=N\NC)c1ccc(F)cc1. The van der Waals surface area contributed by atoms with E-state index >= 15 is 0 Å². The first-order valence-electron chi connectivity index (χ1n) is 3.90. The van der Waals surface area contributed by atoms with Gasteiger partial charge in [0.25, 0.3) is 0 Å². The molecule has 0 saturated heterocycles. The molecule has 1 rings (SSSR count). The number of hydrogen-bond acceptors (Lipinski definition) is 2. The summed E-state index contributed by atoms with van der Waals surface area (Å²) in [6.45, 7) is 3.61. The van der Waals surface area contributed by atoms with Gasteiger partial charge in [-0.25, -0.2) is 4.39 Å². The Kier molecular flexibility index (Phi) is 3.20. The number of hydrazone groups is 1. The lowest BCUT2D eigenvalue weighted by Crippen LogP contribution is -2.04. The zero-order valence-corrected chi connectivity index (χ0v) is 7.42. The van der Waals surface area contributed by atoms with Crippen molar-refractivity contribution in [2.75, 3.05) is 7.05 Å². The van der Waals surface area contributed by atoms with Crippen LogP contribution in [0, 0.1) is 5.82 Å². The van der Waals surface area contributed by atoms with Gasteiger partial charge >= 0.3 is 0 Å². The van der Waals surface area contributed by atoms with Crippen molar-refractivity contribution in [3.05, 3.63) is 48.3 Å². The van der Waals surface area contributed by atoms with Crippen LogP contribution in [0.5, 0.6) is 0 Å². The van der Waals surface area contributed by atoms with Gasteiger partial charge in [0.2, 0.25) is 0 Å². The molecule has 0 aromatic heterocycles. The van der Waals surface area contributed by atoms with Crippen molar-refractivity contribution >= 4 is 5.71 Å². The number of allylic oxidation sites excluding steroid dienone is 1. The lowest BCUT2D eigenvalue weighted by molar-refractivity contribution is 0.628. The topological polar surface area (TPSA) is 24.4 Å². The molecule has 1 N–H and O–H groups in total. The molecule has 1 aromatic carbocycles. The minimum Gasteiger partial charge on any atom is -0.313 e. The van der Waals surface area contributed by atoms with E-state index in [4.69, 9.17) is 0 Å². The molecule has 3 heteroatoms. The molecular weight excluding hydrogens is 167 g/mol.